The van der Waals surface area contributed by atoms with Crippen molar-refractivity contribution in [2.24, 2.45) is 5.73 Å². The maximum atomic E-state index is 10.9. The number of halogens is 1. The fourth-order valence-corrected chi connectivity index (χ4v) is 2.47. The van der Waals surface area contributed by atoms with Crippen LogP contribution in [-0.2, 0) is 14.6 Å². The summed E-state index contributed by atoms with van der Waals surface area (Å²) in [6, 6.07) is 0.334. The molecule has 2 N–H and O–H groups in total. The van der Waals surface area contributed by atoms with E-state index in [0.717, 1.165) is 25.7 Å². The number of hydrogen-bond donors (Lipinski definition) is 1. The molecule has 0 aromatic heterocycles. The number of hydrogen-bond acceptors (Lipinski definition) is 4. The molecule has 0 aromatic carbocycles. The molecule has 1 fully saturated rings. The Kier molecular flexibility index (Phi) is 7.55. The van der Waals surface area contributed by atoms with Gasteiger partial charge in [-0.05, 0) is 32.1 Å². The van der Waals surface area contributed by atoms with Gasteiger partial charge in [0, 0.05) is 18.9 Å². The summed E-state index contributed by atoms with van der Waals surface area (Å²) in [6.07, 6.45) is 6.23. The molecule has 0 aromatic rings. The number of nitrogens with two attached hydrogens (primary N) is 1. The van der Waals surface area contributed by atoms with Crippen LogP contribution in [0.1, 0.15) is 32.1 Å². The van der Waals surface area contributed by atoms with Gasteiger partial charge in [0.05, 0.1) is 11.9 Å². The van der Waals surface area contributed by atoms with Gasteiger partial charge in [-0.25, -0.2) is 8.42 Å². The first-order chi connectivity index (χ1) is 6.97. The van der Waals surface area contributed by atoms with Crippen molar-refractivity contribution >= 4 is 22.2 Å². The summed E-state index contributed by atoms with van der Waals surface area (Å²) in [5.41, 5.74) is 5.77. The molecule has 1 aliphatic carbocycles. The standard InChI is InChI=1S/C10H21NO3S.ClH/c1-15(12,13)8-2-7-14-10-5-3-9(11)4-6-10;/h9-10H,2-8,11H2,1H3;1H/t9-,10-;. The van der Waals surface area contributed by atoms with Gasteiger partial charge in [0.15, 0.2) is 0 Å². The fourth-order valence-electron chi connectivity index (χ4n) is 1.83. The van der Waals surface area contributed by atoms with Crippen LogP contribution in [0.15, 0.2) is 0 Å². The highest BCUT2D eigenvalue weighted by atomic mass is 35.5. The molecule has 0 amide bonds. The molecule has 1 aliphatic rings. The second kappa shape index (κ2) is 7.48. The Hall–Kier alpha value is 0.160. The van der Waals surface area contributed by atoms with Crippen molar-refractivity contribution in [3.63, 3.8) is 0 Å². The van der Waals surface area contributed by atoms with E-state index in [-0.39, 0.29) is 18.2 Å². The average molecular weight is 272 g/mol. The molecule has 4 nitrogen and oxygen atoms in total. The van der Waals surface area contributed by atoms with Crippen molar-refractivity contribution in [3.8, 4) is 0 Å². The van der Waals surface area contributed by atoms with Crippen molar-refractivity contribution < 1.29 is 13.2 Å². The van der Waals surface area contributed by atoms with E-state index in [1.165, 1.54) is 6.26 Å². The van der Waals surface area contributed by atoms with E-state index in [4.69, 9.17) is 10.5 Å². The lowest BCUT2D eigenvalue weighted by molar-refractivity contribution is 0.0259. The summed E-state index contributed by atoms with van der Waals surface area (Å²) in [7, 11) is -2.84. The molecule has 0 aliphatic heterocycles. The second-order valence-corrected chi connectivity index (χ2v) is 6.65. The molecular formula is C10H22ClNO3S. The highest BCUT2D eigenvalue weighted by molar-refractivity contribution is 7.90. The van der Waals surface area contributed by atoms with Crippen LogP contribution in [0.2, 0.25) is 0 Å². The van der Waals surface area contributed by atoms with Crippen LogP contribution in [-0.4, -0.2) is 39.2 Å². The lowest BCUT2D eigenvalue weighted by Crippen LogP contribution is -2.30. The molecule has 0 spiro atoms. The Morgan fingerprint density at radius 1 is 1.25 bits per heavy atom. The Morgan fingerprint density at radius 2 is 1.81 bits per heavy atom. The minimum Gasteiger partial charge on any atom is -0.378 e. The third-order valence-corrected chi connectivity index (χ3v) is 3.76. The zero-order valence-electron chi connectivity index (χ0n) is 9.72. The molecule has 0 atom stereocenters. The van der Waals surface area contributed by atoms with Gasteiger partial charge in [0.1, 0.15) is 9.84 Å². The van der Waals surface area contributed by atoms with Crippen molar-refractivity contribution in [3.05, 3.63) is 0 Å². The monoisotopic (exact) mass is 271 g/mol. The minimum absolute atomic E-state index is 0. The quantitative estimate of drug-likeness (QED) is 0.761. The van der Waals surface area contributed by atoms with Crippen LogP contribution >= 0.6 is 12.4 Å². The summed E-state index contributed by atoms with van der Waals surface area (Å²) in [5.74, 6) is 0.221. The Labute approximate surface area is 104 Å². The predicted octanol–water partition coefficient (Wildman–Crippen LogP) is 1.13. The normalized spacial score (nSPS) is 26.1. The molecule has 6 heteroatoms. The van der Waals surface area contributed by atoms with E-state index >= 15 is 0 Å². The minimum atomic E-state index is -2.84. The SMILES string of the molecule is CS(=O)(=O)CCCO[C@H]1CC[C@H](N)CC1.Cl. The van der Waals surface area contributed by atoms with Crippen molar-refractivity contribution in [2.75, 3.05) is 18.6 Å². The van der Waals surface area contributed by atoms with Crippen molar-refractivity contribution in [2.45, 2.75) is 44.2 Å². The fraction of sp³-hybridized carbons (Fsp3) is 1.00. The topological polar surface area (TPSA) is 69.4 Å². The molecular weight excluding hydrogens is 250 g/mol. The first-order valence-corrected chi connectivity index (χ1v) is 7.58. The van der Waals surface area contributed by atoms with E-state index < -0.39 is 9.84 Å². The molecule has 1 saturated carbocycles. The van der Waals surface area contributed by atoms with Gasteiger partial charge < -0.3 is 10.5 Å². The van der Waals surface area contributed by atoms with E-state index in [1.54, 1.807) is 0 Å². The van der Waals surface area contributed by atoms with Crippen LogP contribution < -0.4 is 5.73 Å². The predicted molar refractivity (Wildman–Crippen MR) is 67.8 cm³/mol. The molecule has 0 saturated heterocycles. The highest BCUT2D eigenvalue weighted by Crippen LogP contribution is 2.19. The Balaban J connectivity index is 0.00000225. The van der Waals surface area contributed by atoms with Gasteiger partial charge in [-0.15, -0.1) is 12.4 Å². The van der Waals surface area contributed by atoms with E-state index in [2.05, 4.69) is 0 Å². The number of rotatable bonds is 5. The van der Waals surface area contributed by atoms with Gasteiger partial charge in [-0.1, -0.05) is 0 Å². The van der Waals surface area contributed by atoms with Crippen LogP contribution in [0.25, 0.3) is 0 Å². The number of sulfone groups is 1. The van der Waals surface area contributed by atoms with Gasteiger partial charge in [-0.2, -0.15) is 0 Å². The Morgan fingerprint density at radius 3 is 2.31 bits per heavy atom. The van der Waals surface area contributed by atoms with Crippen LogP contribution in [0, 0.1) is 0 Å². The maximum Gasteiger partial charge on any atom is 0.147 e. The summed E-state index contributed by atoms with van der Waals surface area (Å²) in [5, 5.41) is 0. The van der Waals surface area contributed by atoms with E-state index in [0.29, 0.717) is 25.2 Å². The van der Waals surface area contributed by atoms with Gasteiger partial charge in [0.25, 0.3) is 0 Å². The lowest BCUT2D eigenvalue weighted by Gasteiger charge is -2.26. The van der Waals surface area contributed by atoms with E-state index in [1.807, 2.05) is 0 Å². The van der Waals surface area contributed by atoms with Crippen LogP contribution in [0.5, 0.6) is 0 Å². The summed E-state index contributed by atoms with van der Waals surface area (Å²) in [6.45, 7) is 0.549. The summed E-state index contributed by atoms with van der Waals surface area (Å²) in [4.78, 5) is 0. The second-order valence-electron chi connectivity index (χ2n) is 4.39. The maximum absolute atomic E-state index is 10.9. The Bertz CT molecular complexity index is 274. The number of ether oxygens (including phenoxy) is 1. The molecule has 0 unspecified atom stereocenters. The first-order valence-electron chi connectivity index (χ1n) is 5.52. The molecule has 1 rings (SSSR count). The largest absolute Gasteiger partial charge is 0.378 e. The van der Waals surface area contributed by atoms with Gasteiger partial charge in [0.2, 0.25) is 0 Å². The molecule has 0 heterocycles. The van der Waals surface area contributed by atoms with Crippen molar-refractivity contribution in [1.82, 2.24) is 0 Å². The molecule has 0 radical (unpaired) electrons. The first kappa shape index (κ1) is 16.2. The summed E-state index contributed by atoms with van der Waals surface area (Å²) < 4.78 is 27.3. The highest BCUT2D eigenvalue weighted by Gasteiger charge is 2.18. The molecule has 98 valence electrons. The molecule has 16 heavy (non-hydrogen) atoms. The summed E-state index contributed by atoms with van der Waals surface area (Å²) >= 11 is 0. The lowest BCUT2D eigenvalue weighted by atomic mass is 9.94. The van der Waals surface area contributed by atoms with Gasteiger partial charge in [-0.3, -0.25) is 0 Å². The average Bonchev–Trinajstić information content (AvgIpc) is 2.14. The third kappa shape index (κ3) is 7.44. The smallest absolute Gasteiger partial charge is 0.147 e. The third-order valence-electron chi connectivity index (χ3n) is 2.73. The zero-order valence-corrected chi connectivity index (χ0v) is 11.4. The van der Waals surface area contributed by atoms with Crippen LogP contribution in [0.3, 0.4) is 0 Å². The van der Waals surface area contributed by atoms with Crippen LogP contribution in [0.4, 0.5) is 0 Å². The zero-order chi connectivity index (χ0) is 11.3. The van der Waals surface area contributed by atoms with Gasteiger partial charge >= 0.3 is 0 Å². The van der Waals surface area contributed by atoms with E-state index in [9.17, 15) is 8.42 Å². The van der Waals surface area contributed by atoms with Crippen molar-refractivity contribution in [1.29, 1.82) is 0 Å². The molecule has 0 bridgehead atoms.